The molecule has 142 valence electrons. The molecule has 2 aliphatic rings. The maximum atomic E-state index is 13.1. The third-order valence-corrected chi connectivity index (χ3v) is 4.93. The van der Waals surface area contributed by atoms with Crippen LogP contribution in [0, 0.1) is 18.8 Å². The molecule has 2 saturated heterocycles. The van der Waals surface area contributed by atoms with Gasteiger partial charge in [0.25, 0.3) is 0 Å². The molecule has 0 spiro atoms. The summed E-state index contributed by atoms with van der Waals surface area (Å²) in [5, 5.41) is 9.36. The van der Waals surface area contributed by atoms with Crippen LogP contribution in [-0.2, 0) is 19.1 Å². The number of carbonyl (C=O) groups excluding carboxylic acids is 2. The van der Waals surface area contributed by atoms with Gasteiger partial charge in [0, 0.05) is 38.3 Å². The number of nitrogens with one attached hydrogen (secondary N) is 1. The zero-order chi connectivity index (χ0) is 18.5. The Morgan fingerprint density at radius 3 is 2.23 bits per heavy atom. The predicted octanol–water partition coefficient (Wildman–Crippen LogP) is 1.66. The molecule has 26 heavy (non-hydrogen) atoms. The van der Waals surface area contributed by atoms with Gasteiger partial charge >= 0.3 is 0 Å². The smallest absolute Gasteiger partial charge is 0.250 e. The molecule has 2 fully saturated rings. The number of amides is 2. The summed E-state index contributed by atoms with van der Waals surface area (Å²) in [7, 11) is 0. The van der Waals surface area contributed by atoms with Crippen molar-refractivity contribution in [2.45, 2.75) is 32.6 Å². The molecule has 8 nitrogen and oxygen atoms in total. The van der Waals surface area contributed by atoms with E-state index in [4.69, 9.17) is 21.1 Å². The van der Waals surface area contributed by atoms with Gasteiger partial charge in [0.2, 0.25) is 11.8 Å². The van der Waals surface area contributed by atoms with Gasteiger partial charge in [-0.05, 0) is 44.2 Å². The van der Waals surface area contributed by atoms with Crippen LogP contribution in [0.15, 0.2) is 6.07 Å². The number of aromatic nitrogens is 2. The first-order valence-electron chi connectivity index (χ1n) is 8.86. The molecule has 0 atom stereocenters. The molecule has 0 saturated carbocycles. The second kappa shape index (κ2) is 8.75. The summed E-state index contributed by atoms with van der Waals surface area (Å²) in [5.41, 5.74) is 3.43. The molecule has 2 aliphatic heterocycles. The van der Waals surface area contributed by atoms with Crippen LogP contribution in [0.3, 0.4) is 0 Å². The lowest BCUT2D eigenvalue weighted by atomic mass is 9.98. The van der Waals surface area contributed by atoms with Gasteiger partial charge < -0.3 is 9.47 Å². The number of nitrogens with zero attached hydrogens (tertiary/aromatic N) is 3. The van der Waals surface area contributed by atoms with Crippen molar-refractivity contribution in [3.05, 3.63) is 16.8 Å². The predicted molar refractivity (Wildman–Crippen MR) is 94.5 cm³/mol. The average Bonchev–Trinajstić information content (AvgIpc) is 2.67. The minimum atomic E-state index is -0.226. The van der Waals surface area contributed by atoms with Crippen LogP contribution in [-0.4, -0.2) is 48.4 Å². The molecule has 0 aliphatic carbocycles. The normalized spacial score (nSPS) is 19.2. The number of carbonyl (C=O) groups is 2. The highest BCUT2D eigenvalue weighted by molar-refractivity contribution is 6.29. The maximum absolute atomic E-state index is 13.1. The summed E-state index contributed by atoms with van der Waals surface area (Å²) in [5.74, 6) is -0.519. The van der Waals surface area contributed by atoms with Crippen LogP contribution >= 0.6 is 11.6 Å². The summed E-state index contributed by atoms with van der Waals surface area (Å²) in [6, 6.07) is 1.62. The van der Waals surface area contributed by atoms with Crippen molar-refractivity contribution < 1.29 is 19.1 Å². The Bertz CT molecular complexity index is 660. The Kier molecular flexibility index (Phi) is 6.39. The highest BCUT2D eigenvalue weighted by atomic mass is 35.5. The molecular weight excluding hydrogens is 360 g/mol. The number of halogens is 1. The number of anilines is 1. The summed E-state index contributed by atoms with van der Waals surface area (Å²) in [4.78, 5) is 25.8. The van der Waals surface area contributed by atoms with Gasteiger partial charge in [-0.25, -0.2) is 5.01 Å². The van der Waals surface area contributed by atoms with E-state index in [0.29, 0.717) is 63.5 Å². The zero-order valence-electron chi connectivity index (χ0n) is 14.7. The van der Waals surface area contributed by atoms with Crippen molar-refractivity contribution in [3.63, 3.8) is 0 Å². The fourth-order valence-corrected chi connectivity index (χ4v) is 3.37. The fraction of sp³-hybridized carbons (Fsp3) is 0.647. The quantitative estimate of drug-likeness (QED) is 0.799. The van der Waals surface area contributed by atoms with Crippen LogP contribution in [0.4, 0.5) is 5.82 Å². The van der Waals surface area contributed by atoms with Crippen molar-refractivity contribution in [1.29, 1.82) is 0 Å². The molecule has 0 radical (unpaired) electrons. The zero-order valence-corrected chi connectivity index (χ0v) is 15.5. The lowest BCUT2D eigenvalue weighted by Crippen LogP contribution is -2.52. The molecule has 0 unspecified atom stereocenters. The van der Waals surface area contributed by atoms with Gasteiger partial charge in [-0.15, -0.1) is 10.2 Å². The second-order valence-electron chi connectivity index (χ2n) is 6.60. The molecule has 0 bridgehead atoms. The Morgan fingerprint density at radius 2 is 1.65 bits per heavy atom. The SMILES string of the molecule is Cc1cc(Cl)nnc1N(NC(=O)C1CCOCC1)C(=O)C1CCOCC1. The Morgan fingerprint density at radius 1 is 1.08 bits per heavy atom. The monoisotopic (exact) mass is 382 g/mol. The van der Waals surface area contributed by atoms with Gasteiger partial charge in [0.05, 0.1) is 0 Å². The number of hydrogen-bond acceptors (Lipinski definition) is 6. The van der Waals surface area contributed by atoms with Gasteiger partial charge in [-0.3, -0.25) is 15.0 Å². The third-order valence-electron chi connectivity index (χ3n) is 4.75. The molecule has 3 rings (SSSR count). The van der Waals surface area contributed by atoms with Crippen LogP contribution < -0.4 is 10.4 Å². The van der Waals surface area contributed by atoms with Gasteiger partial charge in [0.1, 0.15) is 0 Å². The third kappa shape index (κ3) is 4.49. The van der Waals surface area contributed by atoms with E-state index in [-0.39, 0.29) is 28.8 Å². The van der Waals surface area contributed by atoms with Crippen LogP contribution in [0.5, 0.6) is 0 Å². The van der Waals surface area contributed by atoms with E-state index in [9.17, 15) is 9.59 Å². The second-order valence-corrected chi connectivity index (χ2v) is 6.98. The largest absolute Gasteiger partial charge is 0.381 e. The first-order chi connectivity index (χ1) is 12.6. The van der Waals surface area contributed by atoms with Gasteiger partial charge in [0.15, 0.2) is 11.0 Å². The molecule has 1 N–H and O–H groups in total. The van der Waals surface area contributed by atoms with Crippen LogP contribution in [0.2, 0.25) is 5.15 Å². The number of hydrazine groups is 1. The number of hydrogen-bond donors (Lipinski definition) is 1. The highest BCUT2D eigenvalue weighted by Gasteiger charge is 2.32. The van der Waals surface area contributed by atoms with E-state index < -0.39 is 0 Å². The van der Waals surface area contributed by atoms with E-state index in [1.165, 1.54) is 5.01 Å². The van der Waals surface area contributed by atoms with E-state index in [1.807, 2.05) is 0 Å². The van der Waals surface area contributed by atoms with Crippen molar-refractivity contribution >= 4 is 29.2 Å². The summed E-state index contributed by atoms with van der Waals surface area (Å²) in [6.45, 7) is 3.94. The average molecular weight is 383 g/mol. The minimum absolute atomic E-state index is 0.186. The van der Waals surface area contributed by atoms with Crippen molar-refractivity contribution in [3.8, 4) is 0 Å². The highest BCUT2D eigenvalue weighted by Crippen LogP contribution is 2.24. The molecule has 1 aromatic rings. The number of aryl methyl sites for hydroxylation is 1. The number of rotatable bonds is 3. The van der Waals surface area contributed by atoms with E-state index in [0.717, 1.165) is 0 Å². The summed E-state index contributed by atoms with van der Waals surface area (Å²) < 4.78 is 10.6. The Hall–Kier alpha value is -1.77. The van der Waals surface area contributed by atoms with Crippen molar-refractivity contribution in [2.24, 2.45) is 11.8 Å². The van der Waals surface area contributed by atoms with Crippen LogP contribution in [0.25, 0.3) is 0 Å². The number of ether oxygens (including phenoxy) is 2. The standard InChI is InChI=1S/C17H23ClN4O4/c1-11-10-14(18)19-20-15(11)22(17(24)13-4-8-26-9-5-13)21-16(23)12-2-6-25-7-3-12/h10,12-13H,2-9H2,1H3,(H,21,23). The van der Waals surface area contributed by atoms with Crippen molar-refractivity contribution in [2.75, 3.05) is 31.4 Å². The Labute approximate surface area is 157 Å². The maximum Gasteiger partial charge on any atom is 0.250 e. The first kappa shape index (κ1) is 19.0. The molecule has 2 amide bonds. The lowest BCUT2D eigenvalue weighted by Gasteiger charge is -2.31. The van der Waals surface area contributed by atoms with E-state index in [1.54, 1.807) is 13.0 Å². The van der Waals surface area contributed by atoms with E-state index in [2.05, 4.69) is 15.6 Å². The molecular formula is C17H23ClN4O4. The first-order valence-corrected chi connectivity index (χ1v) is 9.24. The molecule has 9 heteroatoms. The molecule has 1 aromatic heterocycles. The lowest BCUT2D eigenvalue weighted by molar-refractivity contribution is -0.133. The Balaban J connectivity index is 1.82. The van der Waals surface area contributed by atoms with E-state index >= 15 is 0 Å². The summed E-state index contributed by atoms with van der Waals surface area (Å²) >= 11 is 5.88. The van der Waals surface area contributed by atoms with Gasteiger partial charge in [-0.1, -0.05) is 11.6 Å². The fourth-order valence-electron chi connectivity index (χ4n) is 3.17. The van der Waals surface area contributed by atoms with Crippen molar-refractivity contribution in [1.82, 2.24) is 15.6 Å². The molecule has 0 aromatic carbocycles. The summed E-state index contributed by atoms with van der Waals surface area (Å²) in [6.07, 6.45) is 2.50. The van der Waals surface area contributed by atoms with Gasteiger partial charge in [-0.2, -0.15) is 0 Å². The topological polar surface area (TPSA) is 93.7 Å². The minimum Gasteiger partial charge on any atom is -0.381 e. The van der Waals surface area contributed by atoms with Crippen LogP contribution in [0.1, 0.15) is 31.2 Å². The molecule has 3 heterocycles.